The van der Waals surface area contributed by atoms with Gasteiger partial charge in [0.05, 0.1) is 33.0 Å². The van der Waals surface area contributed by atoms with Crippen molar-refractivity contribution in [1.82, 2.24) is 19.8 Å². The van der Waals surface area contributed by atoms with E-state index in [1.165, 1.54) is 5.06 Å². The second-order valence-corrected chi connectivity index (χ2v) is 20.1. The molecule has 3 amide bonds. The van der Waals surface area contributed by atoms with E-state index in [1.54, 1.807) is 18.7 Å². The van der Waals surface area contributed by atoms with Gasteiger partial charge in [0, 0.05) is 38.3 Å². The Labute approximate surface area is 341 Å². The Balaban J connectivity index is 1.28. The van der Waals surface area contributed by atoms with E-state index in [9.17, 15) is 18.9 Å². The van der Waals surface area contributed by atoms with Crippen LogP contribution in [0.5, 0.6) is 0 Å². The highest BCUT2D eigenvalue weighted by Crippen LogP contribution is 2.48. The monoisotopic (exact) mass is 829 g/mol. The zero-order valence-electron chi connectivity index (χ0n) is 35.9. The Morgan fingerprint density at radius 1 is 0.877 bits per heavy atom. The molecule has 0 aliphatic carbocycles. The van der Waals surface area contributed by atoms with Crippen molar-refractivity contribution in [1.29, 1.82) is 0 Å². The van der Waals surface area contributed by atoms with E-state index < -0.39 is 38.0 Å². The summed E-state index contributed by atoms with van der Waals surface area (Å²) in [6.45, 7) is 19.0. The Bertz CT molecular complexity index is 1300. The number of hydrogen-bond acceptors (Lipinski definition) is 12. The number of hydroxylamine groups is 2. The van der Waals surface area contributed by atoms with E-state index in [-0.39, 0.29) is 67.4 Å². The summed E-state index contributed by atoms with van der Waals surface area (Å²) < 4.78 is 48.7. The highest BCUT2D eigenvalue weighted by atomic mass is 31.2. The van der Waals surface area contributed by atoms with Crippen LogP contribution in [0.2, 0.25) is 0 Å². The number of hydrogen-bond donors (Lipinski definition) is 0. The molecule has 5 saturated heterocycles. The quantitative estimate of drug-likeness (QED) is 0.145. The third-order valence-electron chi connectivity index (χ3n) is 11.5. The molecule has 0 radical (unpaired) electrons. The average Bonchev–Trinajstić information content (AvgIpc) is 3.17. The lowest BCUT2D eigenvalue weighted by Crippen LogP contribution is -2.75. The Morgan fingerprint density at radius 3 is 1.98 bits per heavy atom. The Kier molecular flexibility index (Phi) is 17.7. The van der Waals surface area contributed by atoms with Gasteiger partial charge in [-0.2, -0.15) is 5.06 Å². The van der Waals surface area contributed by atoms with Crippen molar-refractivity contribution in [2.24, 2.45) is 17.3 Å². The molecule has 5 rings (SSSR count). The van der Waals surface area contributed by atoms with Crippen molar-refractivity contribution in [3.63, 3.8) is 0 Å². The number of piperazine rings is 1. The summed E-state index contributed by atoms with van der Waals surface area (Å²) in [6, 6.07) is -0.859. The lowest BCUT2D eigenvalue weighted by Gasteiger charge is -2.55. The molecule has 0 spiro atoms. The summed E-state index contributed by atoms with van der Waals surface area (Å²) >= 11 is 0. The molecule has 5 heterocycles. The van der Waals surface area contributed by atoms with Crippen LogP contribution in [-0.2, 0) is 51.8 Å². The number of fused-ring (bicyclic) bond motifs is 1. The second kappa shape index (κ2) is 21.7. The summed E-state index contributed by atoms with van der Waals surface area (Å²) in [7, 11) is -3.79. The number of rotatable bonds is 19. The fourth-order valence-corrected chi connectivity index (χ4v) is 10.1. The first kappa shape index (κ1) is 46.4. The van der Waals surface area contributed by atoms with Crippen LogP contribution < -0.4 is 0 Å². The van der Waals surface area contributed by atoms with Crippen LogP contribution >= 0.6 is 7.60 Å². The molecule has 5 aliphatic rings. The van der Waals surface area contributed by atoms with Gasteiger partial charge >= 0.3 is 7.60 Å². The minimum atomic E-state index is -3.79. The third-order valence-corrected chi connectivity index (χ3v) is 13.5. The van der Waals surface area contributed by atoms with E-state index in [2.05, 4.69) is 25.7 Å². The van der Waals surface area contributed by atoms with Crippen molar-refractivity contribution in [2.75, 3.05) is 72.0 Å². The molecule has 0 saturated carbocycles. The first-order valence-corrected chi connectivity index (χ1v) is 23.6. The van der Waals surface area contributed by atoms with Crippen molar-refractivity contribution in [3.05, 3.63) is 0 Å². The number of likely N-dealkylation sites (tertiary alicyclic amines) is 1. The molecule has 57 heavy (non-hydrogen) atoms. The SMILES string of the molecule is CCOP(=O)(CC(=O)N1O[C@H](CC(C)C)C(=O)N2[C@@H]1CN(C1CCN(CCC(COC3CCCCO3)COC3CCCCO3)CC1)C(=O)[C@@H]2CC(C)(C)C)OCC. The van der Waals surface area contributed by atoms with Gasteiger partial charge in [0.25, 0.3) is 11.8 Å². The van der Waals surface area contributed by atoms with Gasteiger partial charge in [-0.05, 0) is 102 Å². The van der Waals surface area contributed by atoms with E-state index >= 15 is 0 Å². The largest absolute Gasteiger partial charge is 0.353 e. The maximum atomic E-state index is 14.7. The van der Waals surface area contributed by atoms with Crippen molar-refractivity contribution in [2.45, 2.75) is 156 Å². The molecule has 5 atom stereocenters. The zero-order chi connectivity index (χ0) is 41.2. The molecule has 0 aromatic heterocycles. The smallest absolute Gasteiger partial charge is 0.340 e. The first-order valence-electron chi connectivity index (χ1n) is 21.9. The van der Waals surface area contributed by atoms with E-state index in [0.29, 0.717) is 26.1 Å². The molecule has 5 fully saturated rings. The van der Waals surface area contributed by atoms with Crippen LogP contribution in [0.4, 0.5) is 0 Å². The molecular formula is C41H73N4O11P. The molecule has 0 bridgehead atoms. The van der Waals surface area contributed by atoms with Crippen LogP contribution in [0, 0.1) is 17.3 Å². The molecule has 2 unspecified atom stereocenters. The van der Waals surface area contributed by atoms with Crippen LogP contribution in [0.1, 0.15) is 119 Å². The number of carbonyl (C=O) groups is 3. The van der Waals surface area contributed by atoms with Gasteiger partial charge in [-0.1, -0.05) is 34.6 Å². The van der Waals surface area contributed by atoms with Gasteiger partial charge in [-0.3, -0.25) is 23.8 Å². The molecular weight excluding hydrogens is 755 g/mol. The number of piperidine rings is 1. The van der Waals surface area contributed by atoms with Gasteiger partial charge in [0.2, 0.25) is 5.91 Å². The predicted molar refractivity (Wildman–Crippen MR) is 214 cm³/mol. The molecule has 15 nitrogen and oxygen atoms in total. The molecule has 0 aromatic carbocycles. The maximum Gasteiger partial charge on any atom is 0.340 e. The number of amides is 3. The summed E-state index contributed by atoms with van der Waals surface area (Å²) in [5.74, 6) is -0.702. The highest BCUT2D eigenvalue weighted by Gasteiger charge is 2.55. The van der Waals surface area contributed by atoms with Gasteiger partial charge in [0.15, 0.2) is 24.8 Å². The van der Waals surface area contributed by atoms with Gasteiger partial charge in [0.1, 0.15) is 12.2 Å². The topological polar surface area (TPSA) is 146 Å². The highest BCUT2D eigenvalue weighted by molar-refractivity contribution is 7.54. The Morgan fingerprint density at radius 2 is 1.47 bits per heavy atom. The normalized spacial score (nSPS) is 27.9. The van der Waals surface area contributed by atoms with Gasteiger partial charge < -0.3 is 42.7 Å². The van der Waals surface area contributed by atoms with Gasteiger partial charge in [-0.25, -0.2) is 0 Å². The second-order valence-electron chi connectivity index (χ2n) is 18.0. The molecule has 328 valence electrons. The van der Waals surface area contributed by atoms with Crippen molar-refractivity contribution < 1.29 is 51.8 Å². The lowest BCUT2D eigenvalue weighted by molar-refractivity contribution is -0.277. The minimum Gasteiger partial charge on any atom is -0.353 e. The number of nitrogens with zero attached hydrogens (tertiary/aromatic N) is 4. The summed E-state index contributed by atoms with van der Waals surface area (Å²) in [5, 5.41) is 1.21. The van der Waals surface area contributed by atoms with E-state index in [1.807, 2.05) is 18.7 Å². The third kappa shape index (κ3) is 13.4. The van der Waals surface area contributed by atoms with E-state index in [0.717, 1.165) is 90.6 Å². The molecule has 0 aromatic rings. The maximum absolute atomic E-state index is 14.7. The first-order chi connectivity index (χ1) is 27.2. The molecule has 5 aliphatic heterocycles. The van der Waals surface area contributed by atoms with Crippen LogP contribution in [-0.4, -0.2) is 146 Å². The van der Waals surface area contributed by atoms with Crippen molar-refractivity contribution in [3.8, 4) is 0 Å². The van der Waals surface area contributed by atoms with Crippen molar-refractivity contribution >= 4 is 25.3 Å². The Hall–Kier alpha value is -1.68. The molecule has 0 N–H and O–H groups in total. The standard InChI is InChI=1S/C41H73N4O11P/c1-8-54-57(49,55-9-2)29-36(46)45-35-26-43(39(47)33(25-41(5,6)7)44(35)40(48)34(56-45)24-30(3)4)32-17-20-42(21-18-32)19-16-31(27-52-37-14-10-12-22-50-37)28-53-38-15-11-13-23-51-38/h30-35,37-38H,8-29H2,1-7H3/t31?,33-,34+,35-,37?,38?/m0/s1. The van der Waals surface area contributed by atoms with Crippen LogP contribution in [0.3, 0.4) is 0 Å². The summed E-state index contributed by atoms with van der Waals surface area (Å²) in [6.07, 6.45) is 6.74. The number of ether oxygens (including phenoxy) is 4. The summed E-state index contributed by atoms with van der Waals surface area (Å²) in [4.78, 5) is 55.3. The zero-order valence-corrected chi connectivity index (χ0v) is 36.8. The molecule has 16 heteroatoms. The minimum absolute atomic E-state index is 0.0777. The van der Waals surface area contributed by atoms with Crippen LogP contribution in [0.25, 0.3) is 0 Å². The predicted octanol–water partition coefficient (Wildman–Crippen LogP) is 5.80. The fraction of sp³-hybridized carbons (Fsp3) is 0.927. The summed E-state index contributed by atoms with van der Waals surface area (Å²) in [5.41, 5.74) is -0.298. The van der Waals surface area contributed by atoms with Gasteiger partial charge in [-0.15, -0.1) is 0 Å². The number of carbonyl (C=O) groups excluding carboxylic acids is 3. The van der Waals surface area contributed by atoms with Crippen LogP contribution in [0.15, 0.2) is 0 Å². The fourth-order valence-electron chi connectivity index (χ4n) is 8.63. The van der Waals surface area contributed by atoms with E-state index in [4.69, 9.17) is 32.8 Å². The lowest BCUT2D eigenvalue weighted by atomic mass is 9.84. The average molecular weight is 829 g/mol.